The van der Waals surface area contributed by atoms with E-state index >= 15 is 0 Å². The maximum atomic E-state index is 12.7. The smallest absolute Gasteiger partial charge is 0.338 e. The Balaban J connectivity index is 1.64. The Morgan fingerprint density at radius 2 is 1.83 bits per heavy atom. The van der Waals surface area contributed by atoms with Crippen molar-refractivity contribution in [3.63, 3.8) is 0 Å². The minimum absolute atomic E-state index is 0.103. The molecule has 29 heavy (non-hydrogen) atoms. The maximum Gasteiger partial charge on any atom is 0.416 e. The first-order valence-corrected chi connectivity index (χ1v) is 8.50. The number of anilines is 1. The Hall–Kier alpha value is -3.37. The average molecular weight is 409 g/mol. The van der Waals surface area contributed by atoms with Gasteiger partial charge in [0.05, 0.1) is 18.5 Å². The zero-order valence-electron chi connectivity index (χ0n) is 15.6. The van der Waals surface area contributed by atoms with E-state index in [2.05, 4.69) is 16.9 Å². The van der Waals surface area contributed by atoms with Gasteiger partial charge in [0.2, 0.25) is 5.91 Å². The number of benzene rings is 1. The first kappa shape index (κ1) is 20.4. The van der Waals surface area contributed by atoms with Crippen LogP contribution in [0.3, 0.4) is 0 Å². The van der Waals surface area contributed by atoms with E-state index in [1.54, 1.807) is 0 Å². The van der Waals surface area contributed by atoms with Gasteiger partial charge in [-0.2, -0.15) is 13.2 Å². The Morgan fingerprint density at radius 3 is 2.41 bits per heavy atom. The number of aliphatic imine (C=N–C) groups is 1. The highest BCUT2D eigenvalue weighted by atomic mass is 19.4. The fourth-order valence-corrected chi connectivity index (χ4v) is 3.13. The topological polar surface area (TPSA) is 85.3 Å². The number of fused-ring (bicyclic) bond motifs is 1. The Morgan fingerprint density at radius 1 is 1.21 bits per heavy atom. The van der Waals surface area contributed by atoms with Crippen LogP contribution in [-0.4, -0.2) is 77.9 Å². The number of carbonyl (C=O) groups is 3. The lowest BCUT2D eigenvalue weighted by molar-refractivity contribution is -0.136. The van der Waals surface area contributed by atoms with Gasteiger partial charge in [0, 0.05) is 19.8 Å². The van der Waals surface area contributed by atoms with Crippen LogP contribution in [0.4, 0.5) is 23.7 Å². The zero-order chi connectivity index (χ0) is 21.5. The van der Waals surface area contributed by atoms with E-state index in [9.17, 15) is 27.6 Å². The molecule has 1 aromatic rings. The number of urea groups is 1. The molecule has 154 valence electrons. The van der Waals surface area contributed by atoms with E-state index < -0.39 is 41.8 Å². The number of hydrogen-bond donors (Lipinski definition) is 1. The fraction of sp³-hybridized carbons (Fsp3) is 0.333. The van der Waals surface area contributed by atoms with E-state index in [4.69, 9.17) is 0 Å². The summed E-state index contributed by atoms with van der Waals surface area (Å²) in [6.45, 7) is 2.80. The molecule has 2 heterocycles. The minimum Gasteiger partial charge on any atom is -0.338 e. The summed E-state index contributed by atoms with van der Waals surface area (Å²) >= 11 is 0. The van der Waals surface area contributed by atoms with Crippen LogP contribution in [0.5, 0.6) is 0 Å². The molecule has 0 saturated carbocycles. The van der Waals surface area contributed by atoms with Gasteiger partial charge >= 0.3 is 12.2 Å². The molecule has 2 aliphatic rings. The number of rotatable bonds is 4. The lowest BCUT2D eigenvalue weighted by Gasteiger charge is -2.39. The van der Waals surface area contributed by atoms with Gasteiger partial charge in [0.25, 0.3) is 5.91 Å². The zero-order valence-corrected chi connectivity index (χ0v) is 15.6. The lowest BCUT2D eigenvalue weighted by atomic mass is 10.1. The number of amides is 4. The van der Waals surface area contributed by atoms with Gasteiger partial charge < -0.3 is 15.1 Å². The molecule has 0 aliphatic carbocycles. The van der Waals surface area contributed by atoms with Crippen molar-refractivity contribution in [1.82, 2.24) is 14.7 Å². The predicted molar refractivity (Wildman–Crippen MR) is 98.9 cm³/mol. The molecule has 2 unspecified atom stereocenters. The standard InChI is InChI=1S/C18H18F3N5O3/c1-10(18(19,20)21)11-4-6-12(7-5-11)23-13(27)8-26-9-22-15-14(26)16(28)25(3)17(29)24(15)2/h4-7,9,14-15H,1,8H2,2-3H3,(H,23,27). The number of nitrogens with one attached hydrogen (secondary N) is 1. The molecule has 3 rings (SSSR count). The molecule has 4 amide bonds. The summed E-state index contributed by atoms with van der Waals surface area (Å²) in [5, 5.41) is 2.56. The number of likely N-dealkylation sites (N-methyl/N-ethyl adjacent to an activating group) is 2. The van der Waals surface area contributed by atoms with E-state index in [0.29, 0.717) is 5.69 Å². The molecule has 1 aromatic carbocycles. The number of hydrogen-bond acceptors (Lipinski definition) is 5. The first-order valence-electron chi connectivity index (χ1n) is 8.50. The number of allylic oxidation sites excluding steroid dienone is 1. The monoisotopic (exact) mass is 409 g/mol. The molecule has 1 fully saturated rings. The first-order chi connectivity index (χ1) is 13.5. The molecule has 0 radical (unpaired) electrons. The van der Waals surface area contributed by atoms with Gasteiger partial charge in [-0.3, -0.25) is 14.5 Å². The molecule has 8 nitrogen and oxygen atoms in total. The number of alkyl halides is 3. The third-order valence-electron chi connectivity index (χ3n) is 4.76. The summed E-state index contributed by atoms with van der Waals surface area (Å²) in [5.41, 5.74) is -0.789. The molecule has 1 N–H and O–H groups in total. The normalized spacial score (nSPS) is 21.5. The summed E-state index contributed by atoms with van der Waals surface area (Å²) in [6, 6.07) is 3.78. The second-order valence-corrected chi connectivity index (χ2v) is 6.69. The van der Waals surface area contributed by atoms with Crippen LogP contribution in [0.25, 0.3) is 5.57 Å². The highest BCUT2D eigenvalue weighted by molar-refractivity contribution is 6.02. The van der Waals surface area contributed by atoms with Crippen LogP contribution in [-0.2, 0) is 9.59 Å². The van der Waals surface area contributed by atoms with Crippen molar-refractivity contribution in [2.45, 2.75) is 18.4 Å². The lowest BCUT2D eigenvalue weighted by Crippen LogP contribution is -2.64. The Kier molecular flexibility index (Phi) is 5.07. The van der Waals surface area contributed by atoms with E-state index in [1.165, 1.54) is 54.5 Å². The van der Waals surface area contributed by atoms with E-state index in [-0.39, 0.29) is 12.1 Å². The maximum absolute atomic E-state index is 12.7. The molecular weight excluding hydrogens is 391 g/mol. The van der Waals surface area contributed by atoms with Gasteiger partial charge in [-0.1, -0.05) is 18.7 Å². The van der Waals surface area contributed by atoms with Crippen LogP contribution in [0.15, 0.2) is 35.8 Å². The van der Waals surface area contributed by atoms with Crippen molar-refractivity contribution in [3.05, 3.63) is 36.4 Å². The summed E-state index contributed by atoms with van der Waals surface area (Å²) in [5.74, 6) is -0.965. The summed E-state index contributed by atoms with van der Waals surface area (Å²) in [4.78, 5) is 44.6. The second-order valence-electron chi connectivity index (χ2n) is 6.69. The molecule has 2 aliphatic heterocycles. The number of nitrogens with zero attached hydrogens (tertiary/aromatic N) is 4. The second kappa shape index (κ2) is 7.22. The molecule has 0 spiro atoms. The Labute approximate surface area is 164 Å². The van der Waals surface area contributed by atoms with Crippen molar-refractivity contribution in [2.24, 2.45) is 4.99 Å². The largest absolute Gasteiger partial charge is 0.416 e. The number of halogens is 3. The van der Waals surface area contributed by atoms with Crippen LogP contribution in [0.1, 0.15) is 5.56 Å². The fourth-order valence-electron chi connectivity index (χ4n) is 3.13. The van der Waals surface area contributed by atoms with Crippen molar-refractivity contribution in [1.29, 1.82) is 0 Å². The van der Waals surface area contributed by atoms with Crippen molar-refractivity contribution < 1.29 is 27.6 Å². The molecular formula is C18H18F3N5O3. The van der Waals surface area contributed by atoms with Crippen molar-refractivity contribution >= 4 is 35.4 Å². The van der Waals surface area contributed by atoms with E-state index in [0.717, 1.165) is 4.90 Å². The van der Waals surface area contributed by atoms with Crippen LogP contribution < -0.4 is 5.32 Å². The summed E-state index contributed by atoms with van der Waals surface area (Å²) in [6.07, 6.45) is -3.91. The third-order valence-corrected chi connectivity index (χ3v) is 4.76. The van der Waals surface area contributed by atoms with Gasteiger partial charge in [-0.15, -0.1) is 0 Å². The number of carbonyl (C=O) groups excluding carboxylic acids is 3. The van der Waals surface area contributed by atoms with E-state index in [1.807, 2.05) is 0 Å². The molecule has 0 aromatic heterocycles. The number of imide groups is 1. The molecule has 0 bridgehead atoms. The van der Waals surface area contributed by atoms with Crippen molar-refractivity contribution in [2.75, 3.05) is 26.0 Å². The predicted octanol–water partition coefficient (Wildman–Crippen LogP) is 1.76. The van der Waals surface area contributed by atoms with Crippen LogP contribution >= 0.6 is 0 Å². The quantitative estimate of drug-likeness (QED) is 0.821. The molecule has 1 saturated heterocycles. The average Bonchev–Trinajstić information content (AvgIpc) is 3.07. The van der Waals surface area contributed by atoms with Gasteiger partial charge in [-0.05, 0) is 17.7 Å². The summed E-state index contributed by atoms with van der Waals surface area (Å²) < 4.78 is 38.0. The summed E-state index contributed by atoms with van der Waals surface area (Å²) in [7, 11) is 2.87. The van der Waals surface area contributed by atoms with Gasteiger partial charge in [0.15, 0.2) is 12.2 Å². The Bertz CT molecular complexity index is 897. The van der Waals surface area contributed by atoms with Gasteiger partial charge in [0.1, 0.15) is 0 Å². The molecule has 11 heteroatoms. The third kappa shape index (κ3) is 3.80. The van der Waals surface area contributed by atoms with Crippen LogP contribution in [0, 0.1) is 0 Å². The SMILES string of the molecule is C=C(c1ccc(NC(=O)CN2C=NC3C2C(=O)N(C)C(=O)N3C)cc1)C(F)(F)F. The highest BCUT2D eigenvalue weighted by Crippen LogP contribution is 2.32. The highest BCUT2D eigenvalue weighted by Gasteiger charge is 2.48. The van der Waals surface area contributed by atoms with Crippen molar-refractivity contribution in [3.8, 4) is 0 Å². The van der Waals surface area contributed by atoms with Gasteiger partial charge in [-0.25, -0.2) is 9.79 Å². The molecule has 2 atom stereocenters. The van der Waals surface area contributed by atoms with Crippen LogP contribution in [0.2, 0.25) is 0 Å². The minimum atomic E-state index is -4.54.